The minimum absolute atomic E-state index is 0.0362. The molecule has 0 bridgehead atoms. The largest absolute Gasteiger partial charge is 0.458 e. The van der Waals surface area contributed by atoms with E-state index in [4.69, 9.17) is 4.74 Å². The second-order valence-electron chi connectivity index (χ2n) is 5.58. The van der Waals surface area contributed by atoms with E-state index >= 15 is 0 Å². The smallest absolute Gasteiger partial charge is 0.328 e. The third-order valence-corrected chi connectivity index (χ3v) is 2.57. The minimum atomic E-state index is -0.570. The van der Waals surface area contributed by atoms with Crippen LogP contribution in [0.15, 0.2) is 0 Å². The number of carbonyl (C=O) groups is 2. The maximum absolute atomic E-state index is 11.6. The maximum Gasteiger partial charge on any atom is 0.328 e. The molecule has 4 heteroatoms. The van der Waals surface area contributed by atoms with Gasteiger partial charge in [0.2, 0.25) is 5.91 Å². The number of rotatable bonds is 3. The lowest BCUT2D eigenvalue weighted by Gasteiger charge is -2.22. The molecule has 4 nitrogen and oxygen atoms in total. The topological polar surface area (TPSA) is 55.4 Å². The molecule has 16 heavy (non-hydrogen) atoms. The zero-order valence-electron chi connectivity index (χ0n) is 10.7. The number of amides is 1. The minimum Gasteiger partial charge on any atom is -0.458 e. The number of carbonyl (C=O) groups excluding carboxylic acids is 2. The average molecular weight is 227 g/mol. The van der Waals surface area contributed by atoms with Crippen molar-refractivity contribution in [1.29, 1.82) is 0 Å². The summed E-state index contributed by atoms with van der Waals surface area (Å²) < 4.78 is 5.17. The van der Waals surface area contributed by atoms with Crippen LogP contribution >= 0.6 is 0 Å². The molecule has 0 heterocycles. The van der Waals surface area contributed by atoms with Crippen LogP contribution < -0.4 is 5.32 Å². The summed E-state index contributed by atoms with van der Waals surface area (Å²) in [5, 5.41) is 2.68. The fourth-order valence-corrected chi connectivity index (χ4v) is 1.46. The number of ether oxygens (including phenoxy) is 1. The van der Waals surface area contributed by atoms with Gasteiger partial charge in [0.05, 0.1) is 0 Å². The summed E-state index contributed by atoms with van der Waals surface area (Å²) in [6.45, 7) is 9.11. The molecule has 0 spiro atoms. The van der Waals surface area contributed by atoms with Crippen LogP contribution in [-0.2, 0) is 14.3 Å². The van der Waals surface area contributed by atoms with Crippen LogP contribution in [0.2, 0.25) is 0 Å². The molecule has 2 unspecified atom stereocenters. The third kappa shape index (κ3) is 3.83. The summed E-state index contributed by atoms with van der Waals surface area (Å²) in [4.78, 5) is 23.2. The van der Waals surface area contributed by atoms with E-state index in [2.05, 4.69) is 5.32 Å². The Balaban J connectivity index is 2.37. The standard InChI is InChI=1S/C12H21NO3/c1-7-6-9(7)10(14)13-8(2)11(15)16-12(3,4)5/h7-9H,6H2,1-5H3,(H,13,14)/t7?,8-,9?/m1/s1. The van der Waals surface area contributed by atoms with E-state index in [1.165, 1.54) is 0 Å². The third-order valence-electron chi connectivity index (χ3n) is 2.57. The van der Waals surface area contributed by atoms with Crippen molar-refractivity contribution in [3.05, 3.63) is 0 Å². The first-order valence-corrected chi connectivity index (χ1v) is 5.74. The Labute approximate surface area is 96.7 Å². The van der Waals surface area contributed by atoms with Gasteiger partial charge in [0.15, 0.2) is 0 Å². The second kappa shape index (κ2) is 4.44. The van der Waals surface area contributed by atoms with Crippen molar-refractivity contribution >= 4 is 11.9 Å². The number of nitrogens with one attached hydrogen (secondary N) is 1. The van der Waals surface area contributed by atoms with Gasteiger partial charge in [-0.2, -0.15) is 0 Å². The zero-order chi connectivity index (χ0) is 12.5. The SMILES string of the molecule is CC1CC1C(=O)N[C@H](C)C(=O)OC(C)(C)C. The first-order chi connectivity index (χ1) is 7.20. The Kier molecular flexibility index (Phi) is 3.61. The zero-order valence-corrected chi connectivity index (χ0v) is 10.7. The van der Waals surface area contributed by atoms with Crippen molar-refractivity contribution in [3.63, 3.8) is 0 Å². The highest BCUT2D eigenvalue weighted by atomic mass is 16.6. The molecule has 0 radical (unpaired) electrons. The highest BCUT2D eigenvalue weighted by molar-refractivity contribution is 5.87. The Hall–Kier alpha value is -1.06. The van der Waals surface area contributed by atoms with Crippen LogP contribution in [0.4, 0.5) is 0 Å². The molecule has 0 aromatic carbocycles. The Bertz CT molecular complexity index is 293. The molecule has 0 aliphatic heterocycles. The van der Waals surface area contributed by atoms with Crippen LogP contribution in [0.1, 0.15) is 41.0 Å². The van der Waals surface area contributed by atoms with Crippen molar-refractivity contribution in [2.24, 2.45) is 11.8 Å². The molecule has 92 valence electrons. The quantitative estimate of drug-likeness (QED) is 0.743. The summed E-state index contributed by atoms with van der Waals surface area (Å²) in [6, 6.07) is -0.570. The van der Waals surface area contributed by atoms with Crippen LogP contribution in [0, 0.1) is 11.8 Å². The van der Waals surface area contributed by atoms with Crippen LogP contribution in [-0.4, -0.2) is 23.5 Å². The Morgan fingerprint density at radius 1 is 1.38 bits per heavy atom. The predicted octanol–water partition coefficient (Wildman–Crippen LogP) is 1.49. The lowest BCUT2D eigenvalue weighted by Crippen LogP contribution is -2.42. The van der Waals surface area contributed by atoms with Gasteiger partial charge in [-0.05, 0) is 40.0 Å². The summed E-state index contributed by atoms with van der Waals surface area (Å²) >= 11 is 0. The Morgan fingerprint density at radius 3 is 2.25 bits per heavy atom. The fourth-order valence-electron chi connectivity index (χ4n) is 1.46. The summed E-state index contributed by atoms with van der Waals surface area (Å²) in [5.41, 5.74) is -0.511. The van der Waals surface area contributed by atoms with E-state index in [1.807, 2.05) is 27.7 Å². The molecule has 1 saturated carbocycles. The Morgan fingerprint density at radius 2 is 1.88 bits per heavy atom. The average Bonchev–Trinajstić information content (AvgIpc) is 2.79. The van der Waals surface area contributed by atoms with Gasteiger partial charge < -0.3 is 10.1 Å². The predicted molar refractivity (Wildman–Crippen MR) is 60.7 cm³/mol. The first kappa shape index (κ1) is 13.0. The van der Waals surface area contributed by atoms with E-state index in [0.717, 1.165) is 6.42 Å². The van der Waals surface area contributed by atoms with Crippen molar-refractivity contribution in [1.82, 2.24) is 5.32 Å². The molecule has 0 aromatic rings. The van der Waals surface area contributed by atoms with Gasteiger partial charge in [0.25, 0.3) is 0 Å². The number of hydrogen-bond acceptors (Lipinski definition) is 3. The maximum atomic E-state index is 11.6. The molecule has 3 atom stereocenters. The molecular weight excluding hydrogens is 206 g/mol. The van der Waals surface area contributed by atoms with Gasteiger partial charge in [0.1, 0.15) is 11.6 Å². The van der Waals surface area contributed by atoms with Crippen LogP contribution in [0.5, 0.6) is 0 Å². The monoisotopic (exact) mass is 227 g/mol. The van der Waals surface area contributed by atoms with E-state index in [1.54, 1.807) is 6.92 Å². The number of hydrogen-bond donors (Lipinski definition) is 1. The van der Waals surface area contributed by atoms with E-state index in [9.17, 15) is 9.59 Å². The van der Waals surface area contributed by atoms with Crippen LogP contribution in [0.3, 0.4) is 0 Å². The van der Waals surface area contributed by atoms with Gasteiger partial charge in [-0.3, -0.25) is 4.79 Å². The van der Waals surface area contributed by atoms with Crippen LogP contribution in [0.25, 0.3) is 0 Å². The molecule has 1 fully saturated rings. The van der Waals surface area contributed by atoms with Crippen molar-refractivity contribution in [2.45, 2.75) is 52.7 Å². The highest BCUT2D eigenvalue weighted by Crippen LogP contribution is 2.37. The van der Waals surface area contributed by atoms with Crippen molar-refractivity contribution < 1.29 is 14.3 Å². The molecule has 0 saturated heterocycles. The van der Waals surface area contributed by atoms with E-state index in [-0.39, 0.29) is 17.8 Å². The summed E-state index contributed by atoms with van der Waals surface area (Å²) in [7, 11) is 0. The van der Waals surface area contributed by atoms with Gasteiger partial charge in [-0.25, -0.2) is 4.79 Å². The summed E-state index contributed by atoms with van der Waals surface area (Å²) in [5.74, 6) is 0.121. The fraction of sp³-hybridized carbons (Fsp3) is 0.833. The van der Waals surface area contributed by atoms with Gasteiger partial charge in [0, 0.05) is 5.92 Å². The summed E-state index contributed by atoms with van der Waals surface area (Å²) in [6.07, 6.45) is 0.923. The van der Waals surface area contributed by atoms with E-state index in [0.29, 0.717) is 5.92 Å². The number of esters is 1. The van der Waals surface area contributed by atoms with E-state index < -0.39 is 11.6 Å². The van der Waals surface area contributed by atoms with Gasteiger partial charge >= 0.3 is 5.97 Å². The normalized spacial score (nSPS) is 25.8. The molecule has 1 aliphatic rings. The van der Waals surface area contributed by atoms with Crippen molar-refractivity contribution in [2.75, 3.05) is 0 Å². The van der Waals surface area contributed by atoms with Crippen molar-refractivity contribution in [3.8, 4) is 0 Å². The molecule has 1 N–H and O–H groups in total. The first-order valence-electron chi connectivity index (χ1n) is 5.74. The van der Waals surface area contributed by atoms with Gasteiger partial charge in [-0.15, -0.1) is 0 Å². The lowest BCUT2D eigenvalue weighted by molar-refractivity contribution is -0.158. The van der Waals surface area contributed by atoms with Gasteiger partial charge in [-0.1, -0.05) is 6.92 Å². The molecular formula is C12H21NO3. The second-order valence-corrected chi connectivity index (χ2v) is 5.58. The molecule has 1 amide bonds. The molecule has 1 aliphatic carbocycles. The highest BCUT2D eigenvalue weighted by Gasteiger charge is 2.40. The molecule has 1 rings (SSSR count). The molecule has 0 aromatic heterocycles. The lowest BCUT2D eigenvalue weighted by atomic mass is 10.2.